The third-order valence-corrected chi connectivity index (χ3v) is 2.79. The first-order valence-electron chi connectivity index (χ1n) is 5.07. The first kappa shape index (κ1) is 11.5. The molecule has 1 atom stereocenters. The van der Waals surface area contributed by atoms with Crippen molar-refractivity contribution in [3.63, 3.8) is 0 Å². The van der Waals surface area contributed by atoms with E-state index in [0.29, 0.717) is 12.0 Å². The number of halogens is 1. The van der Waals surface area contributed by atoms with Gasteiger partial charge in [-0.3, -0.25) is 0 Å². The third kappa shape index (κ3) is 3.69. The molecule has 14 heavy (non-hydrogen) atoms. The largest absolute Gasteiger partial charge is 0.310 e. The van der Waals surface area contributed by atoms with Crippen molar-refractivity contribution in [3.05, 3.63) is 34.9 Å². The number of hydrogen-bond acceptors (Lipinski definition) is 1. The van der Waals surface area contributed by atoms with E-state index in [2.05, 4.69) is 38.2 Å². The maximum absolute atomic E-state index is 5.80. The summed E-state index contributed by atoms with van der Waals surface area (Å²) in [7, 11) is 0. The standard InChI is InChI=1S/C12H18ClN/c1-9(2)10(3)14-8-11-4-6-12(13)7-5-11/h4-7,9-10,14H,8H2,1-3H3. The molecule has 2 heteroatoms. The first-order chi connectivity index (χ1) is 6.59. The second-order valence-electron chi connectivity index (χ2n) is 4.04. The van der Waals surface area contributed by atoms with Crippen molar-refractivity contribution in [2.45, 2.75) is 33.4 Å². The van der Waals surface area contributed by atoms with Crippen molar-refractivity contribution in [2.75, 3.05) is 0 Å². The molecule has 0 amide bonds. The molecule has 0 aliphatic rings. The van der Waals surface area contributed by atoms with Crippen molar-refractivity contribution >= 4 is 11.6 Å². The number of rotatable bonds is 4. The molecule has 1 aromatic carbocycles. The zero-order chi connectivity index (χ0) is 10.6. The van der Waals surface area contributed by atoms with Crippen LogP contribution >= 0.6 is 11.6 Å². The van der Waals surface area contributed by atoms with Gasteiger partial charge in [-0.1, -0.05) is 37.6 Å². The molecule has 0 bridgehead atoms. The molecule has 0 aliphatic heterocycles. The Kier molecular flexibility index (Phi) is 4.43. The van der Waals surface area contributed by atoms with Gasteiger partial charge in [0.2, 0.25) is 0 Å². The molecule has 1 unspecified atom stereocenters. The van der Waals surface area contributed by atoms with Gasteiger partial charge in [-0.25, -0.2) is 0 Å². The maximum Gasteiger partial charge on any atom is 0.0406 e. The second kappa shape index (κ2) is 5.38. The van der Waals surface area contributed by atoms with Gasteiger partial charge >= 0.3 is 0 Å². The van der Waals surface area contributed by atoms with Gasteiger partial charge in [-0.2, -0.15) is 0 Å². The van der Waals surface area contributed by atoms with Crippen LogP contribution in [0.15, 0.2) is 24.3 Å². The Morgan fingerprint density at radius 3 is 2.21 bits per heavy atom. The Bertz CT molecular complexity index is 266. The number of benzene rings is 1. The lowest BCUT2D eigenvalue weighted by Crippen LogP contribution is -2.30. The summed E-state index contributed by atoms with van der Waals surface area (Å²) in [5.74, 6) is 0.669. The minimum Gasteiger partial charge on any atom is -0.310 e. The number of nitrogens with one attached hydrogen (secondary N) is 1. The highest BCUT2D eigenvalue weighted by Gasteiger charge is 2.05. The van der Waals surface area contributed by atoms with Gasteiger partial charge in [0.05, 0.1) is 0 Å². The minimum atomic E-state index is 0.547. The summed E-state index contributed by atoms with van der Waals surface area (Å²) in [5.41, 5.74) is 1.28. The van der Waals surface area contributed by atoms with Crippen LogP contribution in [0.5, 0.6) is 0 Å². The molecular formula is C12H18ClN. The summed E-state index contributed by atoms with van der Waals surface area (Å²) in [6, 6.07) is 8.52. The fourth-order valence-corrected chi connectivity index (χ4v) is 1.24. The van der Waals surface area contributed by atoms with Crippen LogP contribution in [0.3, 0.4) is 0 Å². The summed E-state index contributed by atoms with van der Waals surface area (Å²) in [6.07, 6.45) is 0. The summed E-state index contributed by atoms with van der Waals surface area (Å²) in [4.78, 5) is 0. The molecule has 0 heterocycles. The van der Waals surface area contributed by atoms with E-state index in [1.807, 2.05) is 12.1 Å². The van der Waals surface area contributed by atoms with E-state index in [4.69, 9.17) is 11.6 Å². The van der Waals surface area contributed by atoms with Crippen LogP contribution in [0.25, 0.3) is 0 Å². The Morgan fingerprint density at radius 1 is 1.14 bits per heavy atom. The van der Waals surface area contributed by atoms with Gasteiger partial charge in [0.1, 0.15) is 0 Å². The Hall–Kier alpha value is -0.530. The van der Waals surface area contributed by atoms with E-state index in [-0.39, 0.29) is 0 Å². The zero-order valence-corrected chi connectivity index (χ0v) is 9.81. The average molecular weight is 212 g/mol. The first-order valence-corrected chi connectivity index (χ1v) is 5.45. The maximum atomic E-state index is 5.80. The van der Waals surface area contributed by atoms with Crippen LogP contribution < -0.4 is 5.32 Å². The van der Waals surface area contributed by atoms with Crippen molar-refractivity contribution in [2.24, 2.45) is 5.92 Å². The van der Waals surface area contributed by atoms with Crippen LogP contribution in [0.1, 0.15) is 26.3 Å². The van der Waals surface area contributed by atoms with Gasteiger partial charge < -0.3 is 5.32 Å². The highest BCUT2D eigenvalue weighted by molar-refractivity contribution is 6.30. The van der Waals surface area contributed by atoms with Crippen molar-refractivity contribution in [3.8, 4) is 0 Å². The van der Waals surface area contributed by atoms with Crippen LogP contribution in [0.4, 0.5) is 0 Å². The van der Waals surface area contributed by atoms with Crippen molar-refractivity contribution in [1.29, 1.82) is 0 Å². The lowest BCUT2D eigenvalue weighted by atomic mass is 10.1. The summed E-state index contributed by atoms with van der Waals surface area (Å²) < 4.78 is 0. The van der Waals surface area contributed by atoms with Gasteiger partial charge in [0, 0.05) is 17.6 Å². The fraction of sp³-hybridized carbons (Fsp3) is 0.500. The van der Waals surface area contributed by atoms with Crippen LogP contribution in [-0.2, 0) is 6.54 Å². The van der Waals surface area contributed by atoms with Crippen LogP contribution in [-0.4, -0.2) is 6.04 Å². The predicted molar refractivity (Wildman–Crippen MR) is 62.6 cm³/mol. The zero-order valence-electron chi connectivity index (χ0n) is 9.05. The molecule has 1 aromatic rings. The normalized spacial score (nSPS) is 13.2. The molecule has 0 fully saturated rings. The lowest BCUT2D eigenvalue weighted by molar-refractivity contribution is 0.426. The number of hydrogen-bond donors (Lipinski definition) is 1. The second-order valence-corrected chi connectivity index (χ2v) is 4.48. The van der Waals surface area contributed by atoms with Crippen molar-refractivity contribution < 1.29 is 0 Å². The SMILES string of the molecule is CC(C)C(C)NCc1ccc(Cl)cc1. The molecular weight excluding hydrogens is 194 g/mol. The predicted octanol–water partition coefficient (Wildman–Crippen LogP) is 3.47. The third-order valence-electron chi connectivity index (χ3n) is 2.54. The van der Waals surface area contributed by atoms with Gasteiger partial charge in [-0.05, 0) is 30.5 Å². The van der Waals surface area contributed by atoms with Gasteiger partial charge in [0.15, 0.2) is 0 Å². The van der Waals surface area contributed by atoms with E-state index in [1.165, 1.54) is 5.56 Å². The quantitative estimate of drug-likeness (QED) is 0.804. The summed E-state index contributed by atoms with van der Waals surface area (Å²) in [5, 5.41) is 4.27. The average Bonchev–Trinajstić information content (AvgIpc) is 2.16. The molecule has 78 valence electrons. The summed E-state index contributed by atoms with van der Waals surface area (Å²) >= 11 is 5.80. The van der Waals surface area contributed by atoms with E-state index >= 15 is 0 Å². The van der Waals surface area contributed by atoms with Crippen LogP contribution in [0, 0.1) is 5.92 Å². The van der Waals surface area contributed by atoms with E-state index < -0.39 is 0 Å². The fourth-order valence-electron chi connectivity index (χ4n) is 1.12. The molecule has 1 rings (SSSR count). The molecule has 0 aromatic heterocycles. The summed E-state index contributed by atoms with van der Waals surface area (Å²) in [6.45, 7) is 7.57. The molecule has 0 saturated carbocycles. The highest BCUT2D eigenvalue weighted by Crippen LogP contribution is 2.10. The highest BCUT2D eigenvalue weighted by atomic mass is 35.5. The molecule has 0 aliphatic carbocycles. The van der Waals surface area contributed by atoms with E-state index in [9.17, 15) is 0 Å². The van der Waals surface area contributed by atoms with Gasteiger partial charge in [-0.15, -0.1) is 0 Å². The Labute approximate surface area is 91.5 Å². The Morgan fingerprint density at radius 2 is 1.71 bits per heavy atom. The molecule has 1 N–H and O–H groups in total. The molecule has 0 spiro atoms. The van der Waals surface area contributed by atoms with E-state index in [0.717, 1.165) is 11.6 Å². The molecule has 0 saturated heterocycles. The smallest absolute Gasteiger partial charge is 0.0406 e. The van der Waals surface area contributed by atoms with E-state index in [1.54, 1.807) is 0 Å². The molecule has 0 radical (unpaired) electrons. The minimum absolute atomic E-state index is 0.547. The Balaban J connectivity index is 2.42. The topological polar surface area (TPSA) is 12.0 Å². The monoisotopic (exact) mass is 211 g/mol. The van der Waals surface area contributed by atoms with Gasteiger partial charge in [0.25, 0.3) is 0 Å². The lowest BCUT2D eigenvalue weighted by Gasteiger charge is -2.17. The van der Waals surface area contributed by atoms with Crippen LogP contribution in [0.2, 0.25) is 5.02 Å². The molecule has 1 nitrogen and oxygen atoms in total. The van der Waals surface area contributed by atoms with Crippen molar-refractivity contribution in [1.82, 2.24) is 5.32 Å².